The Labute approximate surface area is 183 Å². The average molecular weight is 436 g/mol. The maximum Gasteiger partial charge on any atom is 0.265 e. The summed E-state index contributed by atoms with van der Waals surface area (Å²) in [5, 5.41) is 2.93. The Kier molecular flexibility index (Phi) is 5.40. The Hall–Kier alpha value is -3.23. The van der Waals surface area contributed by atoms with Crippen LogP contribution < -0.4 is 9.64 Å². The standard InChI is InChI=1S/C23H21N3O4S/c27-21(25-8-10-29-11-9-25)13-26-19-12-17(6-7-20(19)30-14-22(26)28)18-15-31-23(24-18)16-4-2-1-3-5-16/h1-7,12,15H,8-11,13-14H2. The quantitative estimate of drug-likeness (QED) is 0.630. The number of hydrogen-bond acceptors (Lipinski definition) is 6. The highest BCUT2D eigenvalue weighted by Gasteiger charge is 2.30. The van der Waals surface area contributed by atoms with Gasteiger partial charge in [-0.25, -0.2) is 4.98 Å². The second-order valence-electron chi connectivity index (χ2n) is 7.35. The van der Waals surface area contributed by atoms with E-state index >= 15 is 0 Å². The minimum atomic E-state index is -0.227. The summed E-state index contributed by atoms with van der Waals surface area (Å²) in [5.41, 5.74) is 3.36. The van der Waals surface area contributed by atoms with Crippen LogP contribution in [0, 0.1) is 0 Å². The van der Waals surface area contributed by atoms with Gasteiger partial charge in [-0.1, -0.05) is 30.3 Å². The molecule has 158 valence electrons. The van der Waals surface area contributed by atoms with Crippen molar-refractivity contribution in [1.82, 2.24) is 9.88 Å². The zero-order chi connectivity index (χ0) is 21.2. The Bertz CT molecular complexity index is 1110. The van der Waals surface area contributed by atoms with Gasteiger partial charge in [-0.2, -0.15) is 0 Å². The molecular formula is C23H21N3O4S. The van der Waals surface area contributed by atoms with Crippen molar-refractivity contribution in [3.05, 3.63) is 53.9 Å². The summed E-state index contributed by atoms with van der Waals surface area (Å²) in [4.78, 5) is 33.4. The van der Waals surface area contributed by atoms with Gasteiger partial charge in [-0.15, -0.1) is 11.3 Å². The number of benzene rings is 2. The van der Waals surface area contributed by atoms with E-state index in [4.69, 9.17) is 14.5 Å². The molecule has 0 bridgehead atoms. The van der Waals surface area contributed by atoms with Crippen LogP contribution in [0.15, 0.2) is 53.9 Å². The van der Waals surface area contributed by atoms with Crippen LogP contribution in [0.5, 0.6) is 5.75 Å². The van der Waals surface area contributed by atoms with Crippen molar-refractivity contribution in [2.75, 3.05) is 44.4 Å². The van der Waals surface area contributed by atoms with Gasteiger partial charge < -0.3 is 14.4 Å². The lowest BCUT2D eigenvalue weighted by atomic mass is 10.1. The summed E-state index contributed by atoms with van der Waals surface area (Å²) in [6.07, 6.45) is 0. The van der Waals surface area contributed by atoms with Crippen molar-refractivity contribution >= 4 is 28.8 Å². The predicted octanol–water partition coefficient (Wildman–Crippen LogP) is 3.06. The second-order valence-corrected chi connectivity index (χ2v) is 8.21. The minimum Gasteiger partial charge on any atom is -0.482 e. The van der Waals surface area contributed by atoms with Crippen molar-refractivity contribution in [3.8, 4) is 27.6 Å². The number of morpholine rings is 1. The van der Waals surface area contributed by atoms with Crippen molar-refractivity contribution in [2.24, 2.45) is 0 Å². The third-order valence-electron chi connectivity index (χ3n) is 5.38. The summed E-state index contributed by atoms with van der Waals surface area (Å²) >= 11 is 1.57. The topological polar surface area (TPSA) is 72.0 Å². The summed E-state index contributed by atoms with van der Waals surface area (Å²) < 4.78 is 10.9. The number of hydrogen-bond donors (Lipinski definition) is 0. The zero-order valence-electron chi connectivity index (χ0n) is 16.8. The Balaban J connectivity index is 1.42. The molecule has 3 aromatic rings. The van der Waals surface area contributed by atoms with E-state index in [9.17, 15) is 9.59 Å². The smallest absolute Gasteiger partial charge is 0.265 e. The van der Waals surface area contributed by atoms with Gasteiger partial charge in [0.25, 0.3) is 5.91 Å². The maximum absolute atomic E-state index is 12.8. The van der Waals surface area contributed by atoms with Crippen LogP contribution in [0.3, 0.4) is 0 Å². The van der Waals surface area contributed by atoms with Crippen LogP contribution in [0.1, 0.15) is 0 Å². The van der Waals surface area contributed by atoms with Crippen LogP contribution in [0.4, 0.5) is 5.69 Å². The highest BCUT2D eigenvalue weighted by atomic mass is 32.1. The van der Waals surface area contributed by atoms with E-state index < -0.39 is 0 Å². The van der Waals surface area contributed by atoms with Crippen molar-refractivity contribution in [3.63, 3.8) is 0 Å². The highest BCUT2D eigenvalue weighted by Crippen LogP contribution is 2.37. The first-order valence-electron chi connectivity index (χ1n) is 10.1. The van der Waals surface area contributed by atoms with Gasteiger partial charge in [0.1, 0.15) is 17.3 Å². The number of carbonyl (C=O) groups is 2. The number of nitrogens with zero attached hydrogens (tertiary/aromatic N) is 3. The molecular weight excluding hydrogens is 414 g/mol. The molecule has 7 nitrogen and oxygen atoms in total. The Morgan fingerprint density at radius 1 is 1.06 bits per heavy atom. The fourth-order valence-corrected chi connectivity index (χ4v) is 4.54. The van der Waals surface area contributed by atoms with Gasteiger partial charge in [0.15, 0.2) is 6.61 Å². The van der Waals surface area contributed by atoms with E-state index in [1.807, 2.05) is 53.9 Å². The van der Waals surface area contributed by atoms with E-state index in [-0.39, 0.29) is 25.0 Å². The molecule has 2 aliphatic rings. The van der Waals surface area contributed by atoms with Gasteiger partial charge >= 0.3 is 0 Å². The molecule has 2 aromatic carbocycles. The lowest BCUT2D eigenvalue weighted by molar-refractivity contribution is -0.135. The molecule has 0 atom stereocenters. The number of anilines is 1. The normalized spacial score (nSPS) is 16.1. The van der Waals surface area contributed by atoms with E-state index in [0.29, 0.717) is 37.7 Å². The van der Waals surface area contributed by atoms with Gasteiger partial charge in [-0.05, 0) is 18.2 Å². The van der Waals surface area contributed by atoms with Crippen LogP contribution in [0.25, 0.3) is 21.8 Å². The first kappa shape index (κ1) is 19.7. The average Bonchev–Trinajstić information content (AvgIpc) is 3.32. The van der Waals surface area contributed by atoms with Gasteiger partial charge in [0.2, 0.25) is 5.91 Å². The largest absolute Gasteiger partial charge is 0.482 e. The molecule has 31 heavy (non-hydrogen) atoms. The monoisotopic (exact) mass is 435 g/mol. The van der Waals surface area contributed by atoms with Crippen molar-refractivity contribution in [1.29, 1.82) is 0 Å². The number of aromatic nitrogens is 1. The number of fused-ring (bicyclic) bond motifs is 1. The van der Waals surface area contributed by atoms with Crippen LogP contribution in [-0.4, -0.2) is 61.2 Å². The van der Waals surface area contributed by atoms with Gasteiger partial charge in [0, 0.05) is 29.6 Å². The molecule has 1 saturated heterocycles. The van der Waals surface area contributed by atoms with E-state index in [2.05, 4.69) is 0 Å². The van der Waals surface area contributed by atoms with E-state index in [0.717, 1.165) is 21.8 Å². The molecule has 8 heteroatoms. The number of ether oxygens (including phenoxy) is 2. The molecule has 2 amide bonds. The van der Waals surface area contributed by atoms with E-state index in [1.54, 1.807) is 16.2 Å². The van der Waals surface area contributed by atoms with Gasteiger partial charge in [-0.3, -0.25) is 14.5 Å². The summed E-state index contributed by atoms with van der Waals surface area (Å²) in [7, 11) is 0. The second kappa shape index (κ2) is 8.49. The molecule has 0 aliphatic carbocycles. The summed E-state index contributed by atoms with van der Waals surface area (Å²) in [5.74, 6) is 0.279. The van der Waals surface area contributed by atoms with Crippen LogP contribution >= 0.6 is 11.3 Å². The first-order valence-corrected chi connectivity index (χ1v) is 11.0. The predicted molar refractivity (Wildman–Crippen MR) is 118 cm³/mol. The van der Waals surface area contributed by atoms with E-state index in [1.165, 1.54) is 4.90 Å². The third kappa shape index (κ3) is 4.04. The Morgan fingerprint density at radius 3 is 2.68 bits per heavy atom. The maximum atomic E-state index is 12.8. The number of rotatable bonds is 4. The molecule has 2 aliphatic heterocycles. The lowest BCUT2D eigenvalue weighted by Crippen LogP contribution is -2.49. The Morgan fingerprint density at radius 2 is 1.87 bits per heavy atom. The summed E-state index contributed by atoms with van der Waals surface area (Å²) in [6, 6.07) is 15.7. The fraction of sp³-hybridized carbons (Fsp3) is 0.261. The van der Waals surface area contributed by atoms with Crippen LogP contribution in [-0.2, 0) is 14.3 Å². The first-order chi connectivity index (χ1) is 15.2. The molecule has 0 N–H and O–H groups in total. The molecule has 0 saturated carbocycles. The zero-order valence-corrected chi connectivity index (χ0v) is 17.6. The molecule has 1 aromatic heterocycles. The number of thiazole rings is 1. The third-order valence-corrected chi connectivity index (χ3v) is 6.27. The fourth-order valence-electron chi connectivity index (χ4n) is 3.70. The van der Waals surface area contributed by atoms with Gasteiger partial charge in [0.05, 0.1) is 24.6 Å². The lowest BCUT2D eigenvalue weighted by Gasteiger charge is -2.32. The molecule has 0 unspecified atom stereocenters. The molecule has 0 spiro atoms. The SMILES string of the molecule is O=C(CN1C(=O)COc2ccc(-c3csc(-c4ccccc4)n3)cc21)N1CCOCC1. The highest BCUT2D eigenvalue weighted by molar-refractivity contribution is 7.13. The number of amides is 2. The summed E-state index contributed by atoms with van der Waals surface area (Å²) in [6.45, 7) is 2.06. The minimum absolute atomic E-state index is 0.00895. The molecule has 1 fully saturated rings. The van der Waals surface area contributed by atoms with Crippen molar-refractivity contribution in [2.45, 2.75) is 0 Å². The number of carbonyl (C=O) groups excluding carboxylic acids is 2. The van der Waals surface area contributed by atoms with Crippen LogP contribution in [0.2, 0.25) is 0 Å². The molecule has 0 radical (unpaired) electrons. The molecule has 3 heterocycles. The molecule has 5 rings (SSSR count). The van der Waals surface area contributed by atoms with Crippen molar-refractivity contribution < 1.29 is 19.1 Å².